The molecule has 0 aromatic heterocycles. The number of rotatable bonds is 3. The van der Waals surface area contributed by atoms with Crippen LogP contribution in [-0.2, 0) is 6.42 Å². The summed E-state index contributed by atoms with van der Waals surface area (Å²) in [5.74, 6) is -0.248. The highest BCUT2D eigenvalue weighted by atomic mass is 79.9. The van der Waals surface area contributed by atoms with Crippen molar-refractivity contribution in [2.24, 2.45) is 5.73 Å². The van der Waals surface area contributed by atoms with Crippen LogP contribution >= 0.6 is 27.5 Å². The Kier molecular flexibility index (Phi) is 4.61. The molecule has 0 saturated heterocycles. The summed E-state index contributed by atoms with van der Waals surface area (Å²) in [5.41, 5.74) is 8.56. The summed E-state index contributed by atoms with van der Waals surface area (Å²) in [6, 6.07) is 10.3. The highest BCUT2D eigenvalue weighted by molar-refractivity contribution is 9.10. The van der Waals surface area contributed by atoms with E-state index in [0.717, 1.165) is 15.6 Å². The molecule has 100 valence electrons. The predicted octanol–water partition coefficient (Wildman–Crippen LogP) is 4.79. The zero-order valence-electron chi connectivity index (χ0n) is 10.5. The third kappa shape index (κ3) is 3.35. The van der Waals surface area contributed by atoms with Crippen molar-refractivity contribution < 1.29 is 4.39 Å². The summed E-state index contributed by atoms with van der Waals surface area (Å²) in [5, 5.41) is 0.658. The van der Waals surface area contributed by atoms with Crippen molar-refractivity contribution in [3.05, 3.63) is 68.4 Å². The average Bonchev–Trinajstić information content (AvgIpc) is 2.37. The molecule has 2 N–H and O–H groups in total. The first-order valence-corrected chi connectivity index (χ1v) is 7.10. The second kappa shape index (κ2) is 6.04. The number of hydrogen-bond donors (Lipinski definition) is 1. The van der Waals surface area contributed by atoms with E-state index in [-0.39, 0.29) is 11.9 Å². The van der Waals surface area contributed by atoms with Crippen LogP contribution < -0.4 is 5.73 Å². The van der Waals surface area contributed by atoms with Crippen molar-refractivity contribution >= 4 is 27.5 Å². The minimum atomic E-state index is -0.323. The smallest absolute Gasteiger partial charge is 0.126 e. The van der Waals surface area contributed by atoms with E-state index in [1.165, 1.54) is 6.07 Å². The normalized spacial score (nSPS) is 12.5. The van der Waals surface area contributed by atoms with Crippen LogP contribution in [0, 0.1) is 12.7 Å². The lowest BCUT2D eigenvalue weighted by Gasteiger charge is -2.15. The lowest BCUT2D eigenvalue weighted by molar-refractivity contribution is 0.593. The molecule has 19 heavy (non-hydrogen) atoms. The molecule has 0 heterocycles. The van der Waals surface area contributed by atoms with Crippen molar-refractivity contribution in [3.8, 4) is 0 Å². The SMILES string of the molecule is Cc1cccc(C(N)Cc2cc(Br)ccc2F)c1Cl. The molecule has 0 bridgehead atoms. The summed E-state index contributed by atoms with van der Waals surface area (Å²) < 4.78 is 14.6. The van der Waals surface area contributed by atoms with E-state index in [1.54, 1.807) is 12.1 Å². The second-order valence-corrected chi connectivity index (χ2v) is 5.82. The topological polar surface area (TPSA) is 26.0 Å². The van der Waals surface area contributed by atoms with Crippen LogP contribution in [0.2, 0.25) is 5.02 Å². The average molecular weight is 343 g/mol. The second-order valence-electron chi connectivity index (χ2n) is 4.52. The van der Waals surface area contributed by atoms with Gasteiger partial charge in [0.25, 0.3) is 0 Å². The minimum absolute atomic E-state index is 0.248. The first kappa shape index (κ1) is 14.5. The Bertz CT molecular complexity index is 601. The standard InChI is InChI=1S/C15H14BrClFN/c1-9-3-2-4-12(15(9)17)14(19)8-10-7-11(16)5-6-13(10)18/h2-7,14H,8,19H2,1H3. The molecule has 0 saturated carbocycles. The summed E-state index contributed by atoms with van der Waals surface area (Å²) >= 11 is 9.58. The van der Waals surface area contributed by atoms with Crippen LogP contribution in [-0.4, -0.2) is 0 Å². The molecule has 1 unspecified atom stereocenters. The van der Waals surface area contributed by atoms with Gasteiger partial charge in [-0.1, -0.05) is 45.7 Å². The van der Waals surface area contributed by atoms with Crippen molar-refractivity contribution in [1.29, 1.82) is 0 Å². The van der Waals surface area contributed by atoms with Gasteiger partial charge >= 0.3 is 0 Å². The fraction of sp³-hybridized carbons (Fsp3) is 0.200. The predicted molar refractivity (Wildman–Crippen MR) is 80.9 cm³/mol. The molecule has 1 atom stereocenters. The maximum absolute atomic E-state index is 13.7. The maximum Gasteiger partial charge on any atom is 0.126 e. The van der Waals surface area contributed by atoms with Crippen LogP contribution in [0.4, 0.5) is 4.39 Å². The zero-order chi connectivity index (χ0) is 14.0. The third-order valence-corrected chi connectivity index (χ3v) is 4.08. The molecule has 0 radical (unpaired) electrons. The molecular weight excluding hydrogens is 329 g/mol. The fourth-order valence-electron chi connectivity index (χ4n) is 2.00. The summed E-state index contributed by atoms with van der Waals surface area (Å²) in [6.07, 6.45) is 0.411. The van der Waals surface area contributed by atoms with Crippen molar-refractivity contribution in [1.82, 2.24) is 0 Å². The molecule has 0 fully saturated rings. The minimum Gasteiger partial charge on any atom is -0.324 e. The number of aryl methyl sites for hydroxylation is 1. The van der Waals surface area contributed by atoms with Gasteiger partial charge in [-0.3, -0.25) is 0 Å². The number of hydrogen-bond acceptors (Lipinski definition) is 1. The van der Waals surface area contributed by atoms with E-state index in [4.69, 9.17) is 17.3 Å². The Morgan fingerprint density at radius 3 is 2.79 bits per heavy atom. The van der Waals surface area contributed by atoms with E-state index in [9.17, 15) is 4.39 Å². The molecule has 2 rings (SSSR count). The Hall–Kier alpha value is -0.900. The molecule has 1 nitrogen and oxygen atoms in total. The Morgan fingerprint density at radius 1 is 1.32 bits per heavy atom. The van der Waals surface area contributed by atoms with Gasteiger partial charge in [0.05, 0.1) is 0 Å². The van der Waals surface area contributed by atoms with Gasteiger partial charge in [0.2, 0.25) is 0 Å². The van der Waals surface area contributed by atoms with Crippen molar-refractivity contribution in [3.63, 3.8) is 0 Å². The number of benzene rings is 2. The molecule has 2 aromatic carbocycles. The number of halogens is 3. The largest absolute Gasteiger partial charge is 0.324 e. The molecule has 0 aliphatic rings. The van der Waals surface area contributed by atoms with Crippen molar-refractivity contribution in [2.45, 2.75) is 19.4 Å². The van der Waals surface area contributed by atoms with Gasteiger partial charge in [-0.05, 0) is 48.2 Å². The summed E-state index contributed by atoms with van der Waals surface area (Å²) in [7, 11) is 0. The third-order valence-electron chi connectivity index (χ3n) is 3.07. The molecule has 0 aliphatic carbocycles. The van der Waals surface area contributed by atoms with Crippen LogP contribution in [0.15, 0.2) is 40.9 Å². The van der Waals surface area contributed by atoms with E-state index in [2.05, 4.69) is 15.9 Å². The van der Waals surface area contributed by atoms with Crippen LogP contribution in [0.1, 0.15) is 22.7 Å². The van der Waals surface area contributed by atoms with Gasteiger partial charge in [0.15, 0.2) is 0 Å². The zero-order valence-corrected chi connectivity index (χ0v) is 12.8. The summed E-state index contributed by atoms with van der Waals surface area (Å²) in [6.45, 7) is 1.93. The molecule has 2 aromatic rings. The van der Waals surface area contributed by atoms with Crippen molar-refractivity contribution in [2.75, 3.05) is 0 Å². The highest BCUT2D eigenvalue weighted by Crippen LogP contribution is 2.28. The highest BCUT2D eigenvalue weighted by Gasteiger charge is 2.14. The van der Waals surface area contributed by atoms with E-state index >= 15 is 0 Å². The van der Waals surface area contributed by atoms with Gasteiger partial charge in [0, 0.05) is 15.5 Å². The molecule has 4 heteroatoms. The monoisotopic (exact) mass is 341 g/mol. The lowest BCUT2D eigenvalue weighted by Crippen LogP contribution is -2.15. The molecule has 0 spiro atoms. The van der Waals surface area contributed by atoms with Gasteiger partial charge in [-0.15, -0.1) is 0 Å². The Balaban J connectivity index is 2.28. The number of nitrogens with two attached hydrogens (primary N) is 1. The molecular formula is C15H14BrClFN. The van der Waals surface area contributed by atoms with Gasteiger partial charge < -0.3 is 5.73 Å². The Labute approximate surface area is 125 Å². The maximum atomic E-state index is 13.7. The first-order chi connectivity index (χ1) is 8.99. The van der Waals surface area contributed by atoms with E-state index in [0.29, 0.717) is 17.0 Å². The van der Waals surface area contributed by atoms with E-state index < -0.39 is 0 Å². The van der Waals surface area contributed by atoms with Crippen LogP contribution in [0.3, 0.4) is 0 Å². The van der Waals surface area contributed by atoms with Gasteiger partial charge in [-0.2, -0.15) is 0 Å². The van der Waals surface area contributed by atoms with Crippen LogP contribution in [0.5, 0.6) is 0 Å². The first-order valence-electron chi connectivity index (χ1n) is 5.93. The fourth-order valence-corrected chi connectivity index (χ4v) is 2.68. The molecule has 0 amide bonds. The molecule has 0 aliphatic heterocycles. The Morgan fingerprint density at radius 2 is 2.05 bits per heavy atom. The van der Waals surface area contributed by atoms with Crippen LogP contribution in [0.25, 0.3) is 0 Å². The van der Waals surface area contributed by atoms with Gasteiger partial charge in [0.1, 0.15) is 5.82 Å². The van der Waals surface area contributed by atoms with E-state index in [1.807, 2.05) is 25.1 Å². The quantitative estimate of drug-likeness (QED) is 0.852. The summed E-state index contributed by atoms with van der Waals surface area (Å²) in [4.78, 5) is 0. The van der Waals surface area contributed by atoms with Gasteiger partial charge in [-0.25, -0.2) is 4.39 Å². The lowest BCUT2D eigenvalue weighted by atomic mass is 9.98.